The minimum atomic E-state index is 0. The summed E-state index contributed by atoms with van der Waals surface area (Å²) < 4.78 is 0. The number of piperazine rings is 1. The fourth-order valence-corrected chi connectivity index (χ4v) is 1.62. The van der Waals surface area contributed by atoms with Crippen LogP contribution in [0.15, 0.2) is 18.3 Å². The van der Waals surface area contributed by atoms with E-state index in [0.29, 0.717) is 0 Å². The molecule has 76 valence electrons. The summed E-state index contributed by atoms with van der Waals surface area (Å²) in [4.78, 5) is 6.58. The van der Waals surface area contributed by atoms with Gasteiger partial charge in [0.25, 0.3) is 0 Å². The van der Waals surface area contributed by atoms with Gasteiger partial charge in [0.1, 0.15) is 0 Å². The van der Waals surface area contributed by atoms with Crippen LogP contribution < -0.4 is 61.6 Å². The molecule has 1 aliphatic heterocycles. The molecule has 1 N–H and O–H groups in total. The van der Waals surface area contributed by atoms with Crippen molar-refractivity contribution >= 4 is 11.5 Å². The first kappa shape index (κ1) is 13.4. The SMILES string of the molecule is C[N-]c1ccc(N2CCNCC2)cn1.[K+]. The van der Waals surface area contributed by atoms with E-state index in [-0.39, 0.29) is 51.4 Å². The number of nitrogens with zero attached hydrogens (tertiary/aromatic N) is 3. The molecule has 1 aromatic heterocycles. The number of rotatable bonds is 2. The van der Waals surface area contributed by atoms with Crippen LogP contribution in [0.2, 0.25) is 0 Å². The number of hydrogen-bond donors (Lipinski definition) is 1. The molecule has 0 unspecified atom stereocenters. The normalized spacial score (nSPS) is 15.7. The maximum Gasteiger partial charge on any atom is 1.00 e. The van der Waals surface area contributed by atoms with Gasteiger partial charge in [0.05, 0.1) is 0 Å². The molecule has 0 saturated carbocycles. The van der Waals surface area contributed by atoms with E-state index in [1.807, 2.05) is 12.3 Å². The molecule has 1 fully saturated rings. The van der Waals surface area contributed by atoms with Crippen LogP contribution in [0.3, 0.4) is 0 Å². The Kier molecular flexibility index (Phi) is 6.10. The third kappa shape index (κ3) is 3.69. The third-order valence-electron chi connectivity index (χ3n) is 2.44. The Labute approximate surface area is 133 Å². The van der Waals surface area contributed by atoms with E-state index in [0.717, 1.165) is 32.0 Å². The van der Waals surface area contributed by atoms with Gasteiger partial charge in [-0.05, 0) is 6.07 Å². The van der Waals surface area contributed by atoms with Gasteiger partial charge in [-0.1, -0.05) is 25.1 Å². The number of pyridine rings is 1. The van der Waals surface area contributed by atoms with Crippen molar-refractivity contribution < 1.29 is 51.4 Å². The molecular formula is C10H15KN4. The van der Waals surface area contributed by atoms with Gasteiger partial charge in [-0.15, -0.1) is 0 Å². The monoisotopic (exact) mass is 230 g/mol. The number of hydrogen-bond acceptors (Lipinski definition) is 3. The summed E-state index contributed by atoms with van der Waals surface area (Å²) >= 11 is 0. The second kappa shape index (κ2) is 6.83. The molecule has 0 aliphatic carbocycles. The molecule has 1 aromatic rings. The van der Waals surface area contributed by atoms with Gasteiger partial charge >= 0.3 is 51.4 Å². The predicted octanol–water partition coefficient (Wildman–Crippen LogP) is -1.87. The molecule has 1 aliphatic rings. The maximum absolute atomic E-state index is 4.24. The Morgan fingerprint density at radius 2 is 2.07 bits per heavy atom. The molecule has 2 heterocycles. The van der Waals surface area contributed by atoms with E-state index in [1.54, 1.807) is 7.05 Å². The largest absolute Gasteiger partial charge is 1.00 e. The van der Waals surface area contributed by atoms with E-state index in [2.05, 4.69) is 26.6 Å². The van der Waals surface area contributed by atoms with Crippen molar-refractivity contribution in [2.24, 2.45) is 0 Å². The zero-order chi connectivity index (χ0) is 9.80. The van der Waals surface area contributed by atoms with Crippen molar-refractivity contribution in [3.8, 4) is 0 Å². The van der Waals surface area contributed by atoms with Gasteiger partial charge in [-0.25, -0.2) is 0 Å². The summed E-state index contributed by atoms with van der Waals surface area (Å²) in [7, 11) is 1.76. The van der Waals surface area contributed by atoms with Crippen LogP contribution in [-0.2, 0) is 0 Å². The third-order valence-corrected chi connectivity index (χ3v) is 2.44. The van der Waals surface area contributed by atoms with E-state index >= 15 is 0 Å². The molecule has 15 heavy (non-hydrogen) atoms. The Morgan fingerprint density at radius 1 is 1.33 bits per heavy atom. The molecule has 5 heteroatoms. The first-order valence-electron chi connectivity index (χ1n) is 4.92. The summed E-state index contributed by atoms with van der Waals surface area (Å²) in [6.45, 7) is 4.23. The van der Waals surface area contributed by atoms with Gasteiger partial charge < -0.3 is 20.5 Å². The standard InChI is InChI=1S/C10H15N4.K/c1-11-10-3-2-9(8-13-10)14-6-4-12-5-7-14;/h2-3,8,12H,4-7H2,1H3;/q-1;+1. The van der Waals surface area contributed by atoms with Crippen molar-refractivity contribution in [3.63, 3.8) is 0 Å². The maximum atomic E-state index is 4.24. The summed E-state index contributed by atoms with van der Waals surface area (Å²) in [5, 5.41) is 7.34. The Hall–Kier alpha value is 0.346. The molecular weight excluding hydrogens is 215 g/mol. The molecule has 0 radical (unpaired) electrons. The molecule has 2 rings (SSSR count). The Balaban J connectivity index is 0.00000112. The van der Waals surface area contributed by atoms with Crippen LogP contribution in [0.4, 0.5) is 11.5 Å². The average Bonchev–Trinajstić information content (AvgIpc) is 2.30. The topological polar surface area (TPSA) is 42.3 Å². The van der Waals surface area contributed by atoms with Crippen molar-refractivity contribution in [2.75, 3.05) is 38.1 Å². The van der Waals surface area contributed by atoms with Gasteiger partial charge in [-0.2, -0.15) is 0 Å². The van der Waals surface area contributed by atoms with Crippen LogP contribution in [0.25, 0.3) is 5.32 Å². The van der Waals surface area contributed by atoms with E-state index < -0.39 is 0 Å². The predicted molar refractivity (Wildman–Crippen MR) is 58.3 cm³/mol. The molecule has 0 amide bonds. The Morgan fingerprint density at radius 3 is 2.60 bits per heavy atom. The number of anilines is 1. The molecule has 4 nitrogen and oxygen atoms in total. The van der Waals surface area contributed by atoms with Gasteiger partial charge in [0, 0.05) is 31.9 Å². The van der Waals surface area contributed by atoms with E-state index in [9.17, 15) is 0 Å². The van der Waals surface area contributed by atoms with Crippen LogP contribution in [0.5, 0.6) is 0 Å². The van der Waals surface area contributed by atoms with Gasteiger partial charge in [0.2, 0.25) is 0 Å². The number of aromatic nitrogens is 1. The zero-order valence-electron chi connectivity index (χ0n) is 9.40. The summed E-state index contributed by atoms with van der Waals surface area (Å²) in [6, 6.07) is 4.04. The molecule has 1 saturated heterocycles. The quantitative estimate of drug-likeness (QED) is 0.605. The first-order chi connectivity index (χ1) is 6.90. The van der Waals surface area contributed by atoms with Crippen molar-refractivity contribution in [2.45, 2.75) is 0 Å². The number of nitrogens with one attached hydrogen (secondary N) is 1. The van der Waals surface area contributed by atoms with Crippen LogP contribution in [0, 0.1) is 0 Å². The van der Waals surface area contributed by atoms with Gasteiger partial charge in [-0.3, -0.25) is 0 Å². The van der Waals surface area contributed by atoms with Crippen molar-refractivity contribution in [1.82, 2.24) is 10.3 Å². The minimum absolute atomic E-state index is 0. The van der Waals surface area contributed by atoms with Crippen molar-refractivity contribution in [1.29, 1.82) is 0 Å². The van der Waals surface area contributed by atoms with Crippen LogP contribution in [-0.4, -0.2) is 38.2 Å². The average molecular weight is 230 g/mol. The Bertz CT molecular complexity index is 282. The van der Waals surface area contributed by atoms with Gasteiger partial charge in [0.15, 0.2) is 0 Å². The smallest absolute Gasteiger partial charge is 0.469 e. The molecule has 0 spiro atoms. The van der Waals surface area contributed by atoms with E-state index in [4.69, 9.17) is 0 Å². The second-order valence-corrected chi connectivity index (χ2v) is 3.34. The molecule has 0 aromatic carbocycles. The van der Waals surface area contributed by atoms with Crippen LogP contribution in [0.1, 0.15) is 0 Å². The molecule has 0 bridgehead atoms. The molecule has 0 atom stereocenters. The van der Waals surface area contributed by atoms with Crippen LogP contribution >= 0.6 is 0 Å². The fraction of sp³-hybridized carbons (Fsp3) is 0.500. The summed E-state index contributed by atoms with van der Waals surface area (Å²) in [5.74, 6) is 0.795. The minimum Gasteiger partial charge on any atom is -0.469 e. The zero-order valence-corrected chi connectivity index (χ0v) is 12.5. The second-order valence-electron chi connectivity index (χ2n) is 3.34. The van der Waals surface area contributed by atoms with E-state index in [1.165, 1.54) is 5.69 Å². The first-order valence-corrected chi connectivity index (χ1v) is 4.92. The van der Waals surface area contributed by atoms with Crippen molar-refractivity contribution in [3.05, 3.63) is 23.6 Å². The summed E-state index contributed by atoms with van der Waals surface area (Å²) in [5.41, 5.74) is 1.19. The summed E-state index contributed by atoms with van der Waals surface area (Å²) in [6.07, 6.45) is 1.90. The fourth-order valence-electron chi connectivity index (χ4n) is 1.62.